The second-order valence-electron chi connectivity index (χ2n) is 4.96. The minimum absolute atomic E-state index is 0.0633. The summed E-state index contributed by atoms with van der Waals surface area (Å²) in [6, 6.07) is 0.221. The Morgan fingerprint density at radius 3 is 2.29 bits per heavy atom. The highest BCUT2D eigenvalue weighted by Crippen LogP contribution is 2.29. The predicted molar refractivity (Wildman–Crippen MR) is 65.6 cm³/mol. The average Bonchev–Trinajstić information content (AvgIpc) is 2.27. The van der Waals surface area contributed by atoms with Crippen molar-refractivity contribution < 1.29 is 14.7 Å². The summed E-state index contributed by atoms with van der Waals surface area (Å²) in [6.45, 7) is 3.99. The van der Waals surface area contributed by atoms with Crippen molar-refractivity contribution in [2.24, 2.45) is 5.92 Å². The fourth-order valence-electron chi connectivity index (χ4n) is 2.10. The SMILES string of the molecule is CC(C)N(C)C(=O)C1CCC(=CC(=O)O)CC1. The number of carboxylic acid groups (broad SMARTS) is 1. The molecule has 0 heterocycles. The fraction of sp³-hybridized carbons (Fsp3) is 0.692. The molecule has 0 unspecified atom stereocenters. The molecule has 0 aromatic rings. The molecule has 0 saturated heterocycles. The predicted octanol–water partition coefficient (Wildman–Crippen LogP) is 2.05. The number of carbonyl (C=O) groups excluding carboxylic acids is 1. The second-order valence-corrected chi connectivity index (χ2v) is 4.96. The summed E-state index contributed by atoms with van der Waals surface area (Å²) >= 11 is 0. The zero-order valence-corrected chi connectivity index (χ0v) is 10.8. The molecule has 0 spiro atoms. The maximum atomic E-state index is 12.1. The normalized spacial score (nSPS) is 20.2. The van der Waals surface area contributed by atoms with E-state index < -0.39 is 5.97 Å². The average molecular weight is 239 g/mol. The number of carbonyl (C=O) groups is 2. The lowest BCUT2D eigenvalue weighted by Gasteiger charge is -2.29. The smallest absolute Gasteiger partial charge is 0.328 e. The molecule has 4 heteroatoms. The molecule has 96 valence electrons. The Bertz CT molecular complexity index is 324. The van der Waals surface area contributed by atoms with Gasteiger partial charge >= 0.3 is 5.97 Å². The Morgan fingerprint density at radius 2 is 1.88 bits per heavy atom. The molecular formula is C13H21NO3. The number of hydrogen-bond donors (Lipinski definition) is 1. The van der Waals surface area contributed by atoms with Gasteiger partial charge in [0.15, 0.2) is 0 Å². The van der Waals surface area contributed by atoms with Crippen LogP contribution in [0.2, 0.25) is 0 Å². The third-order valence-electron chi connectivity index (χ3n) is 3.43. The minimum atomic E-state index is -0.885. The summed E-state index contributed by atoms with van der Waals surface area (Å²) in [7, 11) is 1.83. The van der Waals surface area contributed by atoms with Crippen molar-refractivity contribution in [3.8, 4) is 0 Å². The van der Waals surface area contributed by atoms with Crippen LogP contribution in [0, 0.1) is 5.92 Å². The van der Waals surface area contributed by atoms with Gasteiger partial charge in [-0.25, -0.2) is 4.79 Å². The Labute approximate surface area is 102 Å². The first-order chi connectivity index (χ1) is 7.91. The summed E-state index contributed by atoms with van der Waals surface area (Å²) in [5.74, 6) is -0.633. The molecule has 0 aliphatic heterocycles. The Kier molecular flexibility index (Phi) is 4.73. The largest absolute Gasteiger partial charge is 0.478 e. The highest BCUT2D eigenvalue weighted by Gasteiger charge is 2.26. The topological polar surface area (TPSA) is 57.6 Å². The van der Waals surface area contributed by atoms with Crippen molar-refractivity contribution in [1.29, 1.82) is 0 Å². The monoisotopic (exact) mass is 239 g/mol. The number of rotatable bonds is 3. The molecule has 1 aliphatic carbocycles. The maximum Gasteiger partial charge on any atom is 0.328 e. The summed E-state index contributed by atoms with van der Waals surface area (Å²) in [5.41, 5.74) is 0.953. The van der Waals surface area contributed by atoms with E-state index in [1.807, 2.05) is 20.9 Å². The van der Waals surface area contributed by atoms with Gasteiger partial charge in [0.25, 0.3) is 0 Å². The molecule has 1 rings (SSSR count). The molecule has 4 nitrogen and oxygen atoms in total. The quantitative estimate of drug-likeness (QED) is 0.767. The van der Waals surface area contributed by atoms with Crippen molar-refractivity contribution >= 4 is 11.9 Å². The first-order valence-corrected chi connectivity index (χ1v) is 6.11. The van der Waals surface area contributed by atoms with Gasteiger partial charge in [-0.2, -0.15) is 0 Å². The molecule has 17 heavy (non-hydrogen) atoms. The molecular weight excluding hydrogens is 218 g/mol. The van der Waals surface area contributed by atoms with Gasteiger partial charge in [0.1, 0.15) is 0 Å². The number of amides is 1. The van der Waals surface area contributed by atoms with Gasteiger partial charge in [-0.15, -0.1) is 0 Å². The van der Waals surface area contributed by atoms with E-state index >= 15 is 0 Å². The van der Waals surface area contributed by atoms with Crippen LogP contribution in [0.15, 0.2) is 11.6 Å². The standard InChI is InChI=1S/C13H21NO3/c1-9(2)14(3)13(17)11-6-4-10(5-7-11)8-12(15)16/h8-9,11H,4-7H2,1-3H3,(H,15,16). The van der Waals surface area contributed by atoms with Gasteiger partial charge in [-0.3, -0.25) is 4.79 Å². The molecule has 0 atom stereocenters. The van der Waals surface area contributed by atoms with Crippen LogP contribution in [0.25, 0.3) is 0 Å². The van der Waals surface area contributed by atoms with E-state index in [1.165, 1.54) is 6.08 Å². The zero-order chi connectivity index (χ0) is 13.0. The van der Waals surface area contributed by atoms with Crippen LogP contribution in [0.3, 0.4) is 0 Å². The van der Waals surface area contributed by atoms with Crippen molar-refractivity contribution in [2.45, 2.75) is 45.6 Å². The molecule has 0 bridgehead atoms. The van der Waals surface area contributed by atoms with E-state index in [0.29, 0.717) is 0 Å². The van der Waals surface area contributed by atoms with E-state index in [1.54, 1.807) is 4.90 Å². The molecule has 1 saturated carbocycles. The van der Waals surface area contributed by atoms with E-state index in [-0.39, 0.29) is 17.9 Å². The van der Waals surface area contributed by atoms with Gasteiger partial charge in [0.2, 0.25) is 5.91 Å². The fourth-order valence-corrected chi connectivity index (χ4v) is 2.10. The van der Waals surface area contributed by atoms with Gasteiger partial charge < -0.3 is 10.0 Å². The molecule has 0 radical (unpaired) electrons. The molecule has 1 fully saturated rings. The molecule has 1 N–H and O–H groups in total. The molecule has 0 aromatic heterocycles. The number of nitrogens with zero attached hydrogens (tertiary/aromatic N) is 1. The molecule has 1 aliphatic rings. The van der Waals surface area contributed by atoms with E-state index in [4.69, 9.17) is 5.11 Å². The zero-order valence-electron chi connectivity index (χ0n) is 10.8. The number of hydrogen-bond acceptors (Lipinski definition) is 2. The first-order valence-electron chi connectivity index (χ1n) is 6.11. The third-order valence-corrected chi connectivity index (χ3v) is 3.43. The maximum absolute atomic E-state index is 12.1. The van der Waals surface area contributed by atoms with Crippen LogP contribution in [-0.4, -0.2) is 35.0 Å². The third kappa shape index (κ3) is 3.88. The summed E-state index contributed by atoms with van der Waals surface area (Å²) in [5, 5.41) is 8.65. The van der Waals surface area contributed by atoms with Crippen molar-refractivity contribution in [2.75, 3.05) is 7.05 Å². The number of aliphatic carboxylic acids is 1. The van der Waals surface area contributed by atoms with Crippen LogP contribution in [-0.2, 0) is 9.59 Å². The summed E-state index contributed by atoms with van der Waals surface area (Å²) in [6.07, 6.45) is 4.29. The van der Waals surface area contributed by atoms with E-state index in [2.05, 4.69) is 0 Å². The van der Waals surface area contributed by atoms with Gasteiger partial charge in [-0.1, -0.05) is 5.57 Å². The van der Waals surface area contributed by atoms with Gasteiger partial charge in [0.05, 0.1) is 0 Å². The van der Waals surface area contributed by atoms with E-state index in [9.17, 15) is 9.59 Å². The number of carboxylic acids is 1. The Morgan fingerprint density at radius 1 is 1.35 bits per heavy atom. The lowest BCUT2D eigenvalue weighted by atomic mass is 9.84. The van der Waals surface area contributed by atoms with Crippen molar-refractivity contribution in [1.82, 2.24) is 4.90 Å². The Balaban J connectivity index is 2.52. The van der Waals surface area contributed by atoms with Crippen molar-refractivity contribution in [3.63, 3.8) is 0 Å². The van der Waals surface area contributed by atoms with Crippen LogP contribution >= 0.6 is 0 Å². The van der Waals surface area contributed by atoms with Gasteiger partial charge in [-0.05, 0) is 39.5 Å². The number of allylic oxidation sites excluding steroid dienone is 1. The first kappa shape index (κ1) is 13.7. The highest BCUT2D eigenvalue weighted by atomic mass is 16.4. The summed E-state index contributed by atoms with van der Waals surface area (Å²) in [4.78, 5) is 24.4. The van der Waals surface area contributed by atoms with Crippen LogP contribution in [0.5, 0.6) is 0 Å². The van der Waals surface area contributed by atoms with E-state index in [0.717, 1.165) is 31.3 Å². The molecule has 0 aromatic carbocycles. The van der Waals surface area contributed by atoms with Crippen LogP contribution in [0.1, 0.15) is 39.5 Å². The Hall–Kier alpha value is -1.32. The second kappa shape index (κ2) is 5.84. The van der Waals surface area contributed by atoms with Crippen LogP contribution in [0.4, 0.5) is 0 Å². The lowest BCUT2D eigenvalue weighted by Crippen LogP contribution is -2.38. The van der Waals surface area contributed by atoms with Crippen LogP contribution < -0.4 is 0 Å². The lowest BCUT2D eigenvalue weighted by molar-refractivity contribution is -0.136. The molecule has 1 amide bonds. The summed E-state index contributed by atoms with van der Waals surface area (Å²) < 4.78 is 0. The highest BCUT2D eigenvalue weighted by molar-refractivity contribution is 5.81. The van der Waals surface area contributed by atoms with Crippen molar-refractivity contribution in [3.05, 3.63) is 11.6 Å². The van der Waals surface area contributed by atoms with Gasteiger partial charge in [0, 0.05) is 25.1 Å². The minimum Gasteiger partial charge on any atom is -0.478 e.